The summed E-state index contributed by atoms with van der Waals surface area (Å²) in [6.07, 6.45) is 2.13. The number of likely N-dealkylation sites (tertiary alicyclic amines) is 1. The number of piperidine rings is 1. The van der Waals surface area contributed by atoms with Crippen LogP contribution in [-0.4, -0.2) is 61.1 Å². The summed E-state index contributed by atoms with van der Waals surface area (Å²) in [6.45, 7) is 8.52. The van der Waals surface area contributed by atoms with Crippen LogP contribution in [-0.2, 0) is 9.53 Å². The molecule has 1 rings (SSSR count). The van der Waals surface area contributed by atoms with E-state index in [0.717, 1.165) is 25.9 Å². The molecule has 0 aromatic rings. The molecule has 1 saturated heterocycles. The van der Waals surface area contributed by atoms with Gasteiger partial charge in [0, 0.05) is 26.6 Å². The van der Waals surface area contributed by atoms with E-state index in [1.165, 1.54) is 0 Å². The first-order valence-corrected chi connectivity index (χ1v) is 6.36. The molecule has 0 aromatic carbocycles. The highest BCUT2D eigenvalue weighted by Gasteiger charge is 2.30. The monoisotopic (exact) mass is 242 g/mol. The van der Waals surface area contributed by atoms with Crippen LogP contribution in [0.25, 0.3) is 0 Å². The molecule has 0 unspecified atom stereocenters. The molecule has 4 heteroatoms. The Labute approximate surface area is 105 Å². The van der Waals surface area contributed by atoms with Crippen molar-refractivity contribution < 1.29 is 9.53 Å². The van der Waals surface area contributed by atoms with Gasteiger partial charge in [-0.1, -0.05) is 0 Å². The first-order chi connectivity index (χ1) is 7.85. The van der Waals surface area contributed by atoms with E-state index in [1.807, 2.05) is 18.7 Å². The number of rotatable bonds is 4. The number of amides is 1. The highest BCUT2D eigenvalue weighted by Crippen LogP contribution is 2.19. The second kappa shape index (κ2) is 5.83. The number of carbonyl (C=O) groups excluding carboxylic acids is 1. The maximum absolute atomic E-state index is 11.8. The summed E-state index contributed by atoms with van der Waals surface area (Å²) >= 11 is 0. The van der Waals surface area contributed by atoms with Crippen molar-refractivity contribution in [3.63, 3.8) is 0 Å². The summed E-state index contributed by atoms with van der Waals surface area (Å²) in [4.78, 5) is 16.1. The normalized spacial score (nSPS) is 19.4. The minimum absolute atomic E-state index is 0.157. The molecule has 1 amide bonds. The third-order valence-corrected chi connectivity index (χ3v) is 3.64. The summed E-state index contributed by atoms with van der Waals surface area (Å²) in [5, 5.41) is 0. The van der Waals surface area contributed by atoms with Crippen LogP contribution in [0, 0.1) is 0 Å². The molecule has 0 bridgehead atoms. The predicted molar refractivity (Wildman–Crippen MR) is 69.0 cm³/mol. The zero-order valence-electron chi connectivity index (χ0n) is 11.8. The Morgan fingerprint density at radius 2 is 1.94 bits per heavy atom. The molecule has 17 heavy (non-hydrogen) atoms. The molecule has 0 saturated carbocycles. The van der Waals surface area contributed by atoms with Gasteiger partial charge in [-0.25, -0.2) is 0 Å². The lowest BCUT2D eigenvalue weighted by atomic mass is 10.0. The minimum Gasteiger partial charge on any atom is -0.377 e. The van der Waals surface area contributed by atoms with Crippen molar-refractivity contribution >= 4 is 5.91 Å². The fourth-order valence-corrected chi connectivity index (χ4v) is 2.28. The zero-order chi connectivity index (χ0) is 13.1. The van der Waals surface area contributed by atoms with E-state index in [-0.39, 0.29) is 11.5 Å². The Hall–Kier alpha value is -0.610. The summed E-state index contributed by atoms with van der Waals surface area (Å²) < 4.78 is 5.43. The lowest BCUT2D eigenvalue weighted by Crippen LogP contribution is -2.51. The molecular weight excluding hydrogens is 216 g/mol. The van der Waals surface area contributed by atoms with Gasteiger partial charge < -0.3 is 14.5 Å². The topological polar surface area (TPSA) is 32.8 Å². The van der Waals surface area contributed by atoms with E-state index in [0.29, 0.717) is 12.6 Å². The Balaban J connectivity index is 2.63. The number of methoxy groups -OCH3 is 1. The molecule has 0 aliphatic carbocycles. The van der Waals surface area contributed by atoms with Crippen molar-refractivity contribution in [3.8, 4) is 0 Å². The molecule has 0 N–H and O–H groups in total. The molecule has 4 nitrogen and oxygen atoms in total. The second-order valence-corrected chi connectivity index (χ2v) is 5.65. The number of hydrogen-bond donors (Lipinski definition) is 0. The van der Waals surface area contributed by atoms with Gasteiger partial charge in [-0.05, 0) is 46.8 Å². The van der Waals surface area contributed by atoms with Crippen LogP contribution in [0.4, 0.5) is 0 Å². The minimum atomic E-state index is -0.269. The first kappa shape index (κ1) is 14.5. The van der Waals surface area contributed by atoms with Crippen LogP contribution in [0.2, 0.25) is 0 Å². The van der Waals surface area contributed by atoms with Crippen molar-refractivity contribution in [3.05, 3.63) is 0 Å². The Bertz CT molecular complexity index is 258. The van der Waals surface area contributed by atoms with Gasteiger partial charge in [0.1, 0.15) is 0 Å². The van der Waals surface area contributed by atoms with E-state index in [1.54, 1.807) is 14.0 Å². The van der Waals surface area contributed by atoms with Crippen molar-refractivity contribution in [2.45, 2.75) is 45.3 Å². The number of carbonyl (C=O) groups is 1. The largest absolute Gasteiger partial charge is 0.377 e. The van der Waals surface area contributed by atoms with Crippen molar-refractivity contribution in [2.75, 3.05) is 33.8 Å². The highest BCUT2D eigenvalue weighted by atomic mass is 16.5. The van der Waals surface area contributed by atoms with Gasteiger partial charge >= 0.3 is 0 Å². The Kier molecular flexibility index (Phi) is 4.95. The fraction of sp³-hybridized carbons (Fsp3) is 0.923. The SMILES string of the molecule is COC(C)(C)CN(C(C)=O)C1CCN(C)CC1. The molecule has 0 spiro atoms. The van der Waals surface area contributed by atoms with E-state index < -0.39 is 0 Å². The third kappa shape index (κ3) is 4.28. The quantitative estimate of drug-likeness (QED) is 0.746. The third-order valence-electron chi connectivity index (χ3n) is 3.64. The number of ether oxygens (including phenoxy) is 1. The average molecular weight is 242 g/mol. The molecule has 0 aromatic heterocycles. The molecule has 0 radical (unpaired) electrons. The summed E-state index contributed by atoms with van der Waals surface area (Å²) in [6, 6.07) is 0.373. The summed E-state index contributed by atoms with van der Waals surface area (Å²) in [7, 11) is 3.83. The van der Waals surface area contributed by atoms with Crippen molar-refractivity contribution in [1.82, 2.24) is 9.80 Å². The molecule has 100 valence electrons. The first-order valence-electron chi connectivity index (χ1n) is 6.36. The van der Waals surface area contributed by atoms with Gasteiger partial charge in [0.2, 0.25) is 5.91 Å². The van der Waals surface area contributed by atoms with E-state index >= 15 is 0 Å². The van der Waals surface area contributed by atoms with Gasteiger partial charge in [-0.2, -0.15) is 0 Å². The van der Waals surface area contributed by atoms with E-state index in [4.69, 9.17) is 4.74 Å². The Morgan fingerprint density at radius 1 is 1.41 bits per heavy atom. The van der Waals surface area contributed by atoms with Gasteiger partial charge in [0.25, 0.3) is 0 Å². The summed E-state index contributed by atoms with van der Waals surface area (Å²) in [5.41, 5.74) is -0.269. The molecule has 1 aliphatic rings. The van der Waals surface area contributed by atoms with Crippen LogP contribution in [0.15, 0.2) is 0 Å². The molecule has 0 atom stereocenters. The molecule has 1 aliphatic heterocycles. The maximum atomic E-state index is 11.8. The number of hydrogen-bond acceptors (Lipinski definition) is 3. The van der Waals surface area contributed by atoms with Crippen LogP contribution in [0.5, 0.6) is 0 Å². The molecular formula is C13H26N2O2. The standard InChI is InChI=1S/C13H26N2O2/c1-11(16)15(10-13(2,3)17-5)12-6-8-14(4)9-7-12/h12H,6-10H2,1-5H3. The molecule has 1 fully saturated rings. The van der Waals surface area contributed by atoms with Crippen molar-refractivity contribution in [2.24, 2.45) is 0 Å². The van der Waals surface area contributed by atoms with Gasteiger partial charge in [-0.15, -0.1) is 0 Å². The number of nitrogens with zero attached hydrogens (tertiary/aromatic N) is 2. The molecule has 1 heterocycles. The van der Waals surface area contributed by atoms with Crippen LogP contribution < -0.4 is 0 Å². The van der Waals surface area contributed by atoms with E-state index in [2.05, 4.69) is 11.9 Å². The smallest absolute Gasteiger partial charge is 0.219 e. The Morgan fingerprint density at radius 3 is 2.35 bits per heavy atom. The second-order valence-electron chi connectivity index (χ2n) is 5.65. The predicted octanol–water partition coefficient (Wildman–Crippen LogP) is 1.35. The van der Waals surface area contributed by atoms with Gasteiger partial charge in [0.05, 0.1) is 5.60 Å². The van der Waals surface area contributed by atoms with Gasteiger partial charge in [-0.3, -0.25) is 4.79 Å². The average Bonchev–Trinajstić information content (AvgIpc) is 2.27. The van der Waals surface area contributed by atoms with Crippen LogP contribution >= 0.6 is 0 Å². The lowest BCUT2D eigenvalue weighted by molar-refractivity contribution is -0.136. The van der Waals surface area contributed by atoms with Crippen LogP contribution in [0.3, 0.4) is 0 Å². The van der Waals surface area contributed by atoms with Gasteiger partial charge in [0.15, 0.2) is 0 Å². The summed E-state index contributed by atoms with van der Waals surface area (Å²) in [5.74, 6) is 0.157. The lowest BCUT2D eigenvalue weighted by Gasteiger charge is -2.40. The zero-order valence-corrected chi connectivity index (χ0v) is 11.8. The van der Waals surface area contributed by atoms with E-state index in [9.17, 15) is 4.79 Å². The highest BCUT2D eigenvalue weighted by molar-refractivity contribution is 5.73. The maximum Gasteiger partial charge on any atom is 0.219 e. The van der Waals surface area contributed by atoms with Crippen LogP contribution in [0.1, 0.15) is 33.6 Å². The van der Waals surface area contributed by atoms with Crippen molar-refractivity contribution in [1.29, 1.82) is 0 Å². The fourth-order valence-electron chi connectivity index (χ4n) is 2.28.